The predicted octanol–water partition coefficient (Wildman–Crippen LogP) is 3.24. The van der Waals surface area contributed by atoms with Gasteiger partial charge in [0.1, 0.15) is 0 Å². The average molecular weight is 292 g/mol. The summed E-state index contributed by atoms with van der Waals surface area (Å²) in [5.41, 5.74) is 0. The predicted molar refractivity (Wildman–Crippen MR) is 82.8 cm³/mol. The molecule has 3 rings (SSSR count). The third-order valence-corrected chi connectivity index (χ3v) is 5.59. The van der Waals surface area contributed by atoms with Gasteiger partial charge in [-0.25, -0.2) is 0 Å². The molecule has 1 aromatic heterocycles. The Kier molecular flexibility index (Phi) is 4.73. The summed E-state index contributed by atoms with van der Waals surface area (Å²) in [6.45, 7) is 1.06. The minimum absolute atomic E-state index is 0.217. The fourth-order valence-electron chi connectivity index (χ4n) is 3.57. The third kappa shape index (κ3) is 3.41. The highest BCUT2D eigenvalue weighted by Gasteiger charge is 2.29. The van der Waals surface area contributed by atoms with Crippen molar-refractivity contribution in [3.05, 3.63) is 22.4 Å². The zero-order valence-corrected chi connectivity index (χ0v) is 12.8. The van der Waals surface area contributed by atoms with Crippen molar-refractivity contribution in [1.29, 1.82) is 0 Å². The minimum Gasteiger partial charge on any atom is -0.348 e. The van der Waals surface area contributed by atoms with Gasteiger partial charge in [-0.05, 0) is 49.6 Å². The first-order chi connectivity index (χ1) is 9.83. The number of thiophene rings is 1. The first kappa shape index (κ1) is 14.1. The minimum atomic E-state index is 0.217. The normalized spacial score (nSPS) is 24.9. The number of rotatable bonds is 5. The Bertz CT molecular complexity index is 420. The highest BCUT2D eigenvalue weighted by atomic mass is 32.1. The first-order valence-corrected chi connectivity index (χ1v) is 8.77. The Hall–Kier alpha value is -0.870. The smallest absolute Gasteiger partial charge is 0.222 e. The van der Waals surface area contributed by atoms with Crippen LogP contribution in [-0.4, -0.2) is 18.5 Å². The lowest BCUT2D eigenvalue weighted by atomic mass is 9.96. The number of hydrogen-bond donors (Lipinski definition) is 2. The third-order valence-electron chi connectivity index (χ3n) is 4.63. The summed E-state index contributed by atoms with van der Waals surface area (Å²) in [7, 11) is 0. The SMILES string of the molecule is O=C(CC1CCCN1)NC(c1cccs1)C1CCCC1. The summed E-state index contributed by atoms with van der Waals surface area (Å²) in [6, 6.07) is 4.89. The monoisotopic (exact) mass is 292 g/mol. The quantitative estimate of drug-likeness (QED) is 0.875. The van der Waals surface area contributed by atoms with Crippen molar-refractivity contribution in [3.8, 4) is 0 Å². The van der Waals surface area contributed by atoms with Gasteiger partial charge in [-0.1, -0.05) is 18.9 Å². The molecule has 2 atom stereocenters. The molecule has 0 aromatic carbocycles. The van der Waals surface area contributed by atoms with Crippen molar-refractivity contribution in [3.63, 3.8) is 0 Å². The fourth-order valence-corrected chi connectivity index (χ4v) is 4.44. The van der Waals surface area contributed by atoms with E-state index in [1.54, 1.807) is 11.3 Å². The molecule has 20 heavy (non-hydrogen) atoms. The summed E-state index contributed by atoms with van der Waals surface area (Å²) in [4.78, 5) is 13.6. The second kappa shape index (κ2) is 6.72. The van der Waals surface area contributed by atoms with Crippen LogP contribution >= 0.6 is 11.3 Å². The van der Waals surface area contributed by atoms with Crippen LogP contribution in [0.3, 0.4) is 0 Å². The van der Waals surface area contributed by atoms with Gasteiger partial charge in [0.2, 0.25) is 5.91 Å². The van der Waals surface area contributed by atoms with E-state index in [9.17, 15) is 4.79 Å². The molecule has 2 aliphatic rings. The van der Waals surface area contributed by atoms with Gasteiger partial charge in [0, 0.05) is 17.3 Å². The van der Waals surface area contributed by atoms with Crippen molar-refractivity contribution < 1.29 is 4.79 Å². The molecule has 1 aromatic rings. The van der Waals surface area contributed by atoms with Gasteiger partial charge in [0.25, 0.3) is 0 Å². The molecule has 3 nitrogen and oxygen atoms in total. The van der Waals surface area contributed by atoms with Crippen molar-refractivity contribution >= 4 is 17.2 Å². The van der Waals surface area contributed by atoms with Gasteiger partial charge in [0.15, 0.2) is 0 Å². The second-order valence-corrected chi connectivity index (χ2v) is 7.08. The maximum Gasteiger partial charge on any atom is 0.222 e. The van der Waals surface area contributed by atoms with Crippen molar-refractivity contribution in [2.24, 2.45) is 5.92 Å². The van der Waals surface area contributed by atoms with E-state index in [0.29, 0.717) is 18.4 Å². The molecular formula is C16H24N2OS. The van der Waals surface area contributed by atoms with Crippen LogP contribution in [0.5, 0.6) is 0 Å². The molecule has 2 unspecified atom stereocenters. The number of carbonyl (C=O) groups is 1. The molecule has 1 aliphatic heterocycles. The maximum atomic E-state index is 12.3. The lowest BCUT2D eigenvalue weighted by Gasteiger charge is -2.24. The molecular weight excluding hydrogens is 268 g/mol. The van der Waals surface area contributed by atoms with Crippen LogP contribution in [0, 0.1) is 5.92 Å². The summed E-state index contributed by atoms with van der Waals surface area (Å²) in [5.74, 6) is 0.851. The zero-order chi connectivity index (χ0) is 13.8. The summed E-state index contributed by atoms with van der Waals surface area (Å²) < 4.78 is 0. The van der Waals surface area contributed by atoms with Gasteiger partial charge in [0.05, 0.1) is 6.04 Å². The molecule has 110 valence electrons. The van der Waals surface area contributed by atoms with E-state index < -0.39 is 0 Å². The van der Waals surface area contributed by atoms with E-state index >= 15 is 0 Å². The summed E-state index contributed by atoms with van der Waals surface area (Å²) in [5, 5.41) is 8.84. The summed E-state index contributed by atoms with van der Waals surface area (Å²) >= 11 is 1.77. The van der Waals surface area contributed by atoms with Crippen molar-refractivity contribution in [2.45, 2.75) is 57.0 Å². The van der Waals surface area contributed by atoms with E-state index in [4.69, 9.17) is 0 Å². The molecule has 1 aliphatic carbocycles. The lowest BCUT2D eigenvalue weighted by molar-refractivity contribution is -0.122. The van der Waals surface area contributed by atoms with Gasteiger partial charge in [-0.2, -0.15) is 0 Å². The number of nitrogens with one attached hydrogen (secondary N) is 2. The standard InChI is InChI=1S/C16H24N2OS/c19-15(11-13-7-3-9-17-13)18-16(12-5-1-2-6-12)14-8-4-10-20-14/h4,8,10,12-13,16-17H,1-3,5-7,9,11H2,(H,18,19). The van der Waals surface area contributed by atoms with Gasteiger partial charge in [-0.15, -0.1) is 11.3 Å². The van der Waals surface area contributed by atoms with E-state index in [2.05, 4.69) is 28.1 Å². The number of amides is 1. The molecule has 0 spiro atoms. The first-order valence-electron chi connectivity index (χ1n) is 7.89. The van der Waals surface area contributed by atoms with Crippen molar-refractivity contribution in [2.75, 3.05) is 6.54 Å². The number of carbonyl (C=O) groups excluding carboxylic acids is 1. The van der Waals surface area contributed by atoms with Crippen molar-refractivity contribution in [1.82, 2.24) is 10.6 Å². The Labute approximate surface area is 125 Å². The molecule has 4 heteroatoms. The molecule has 2 fully saturated rings. The molecule has 1 saturated heterocycles. The highest BCUT2D eigenvalue weighted by Crippen LogP contribution is 2.37. The Balaban J connectivity index is 1.61. The van der Waals surface area contributed by atoms with Crippen LogP contribution < -0.4 is 10.6 Å². The van der Waals surface area contributed by atoms with Crippen LogP contribution in [0.2, 0.25) is 0 Å². The van der Waals surface area contributed by atoms with Gasteiger partial charge in [-0.3, -0.25) is 4.79 Å². The fraction of sp³-hybridized carbons (Fsp3) is 0.688. The Morgan fingerprint density at radius 2 is 2.20 bits per heavy atom. The zero-order valence-electron chi connectivity index (χ0n) is 11.9. The molecule has 0 bridgehead atoms. The van der Waals surface area contributed by atoms with Crippen LogP contribution in [0.15, 0.2) is 17.5 Å². The number of hydrogen-bond acceptors (Lipinski definition) is 3. The van der Waals surface area contributed by atoms with Crippen LogP contribution in [-0.2, 0) is 4.79 Å². The van der Waals surface area contributed by atoms with E-state index in [0.717, 1.165) is 13.0 Å². The average Bonchev–Trinajstić information content (AvgIpc) is 3.18. The van der Waals surface area contributed by atoms with Gasteiger partial charge >= 0.3 is 0 Å². The molecule has 2 N–H and O–H groups in total. The van der Waals surface area contributed by atoms with Crippen LogP contribution in [0.4, 0.5) is 0 Å². The molecule has 1 amide bonds. The highest BCUT2D eigenvalue weighted by molar-refractivity contribution is 7.10. The van der Waals surface area contributed by atoms with E-state index in [-0.39, 0.29) is 11.9 Å². The van der Waals surface area contributed by atoms with Crippen LogP contribution in [0.25, 0.3) is 0 Å². The van der Waals surface area contributed by atoms with Crippen LogP contribution in [0.1, 0.15) is 55.9 Å². The topological polar surface area (TPSA) is 41.1 Å². The van der Waals surface area contributed by atoms with E-state index in [1.165, 1.54) is 37.0 Å². The largest absolute Gasteiger partial charge is 0.348 e. The molecule has 0 radical (unpaired) electrons. The Morgan fingerprint density at radius 3 is 2.85 bits per heavy atom. The maximum absolute atomic E-state index is 12.3. The molecule has 1 saturated carbocycles. The second-order valence-electron chi connectivity index (χ2n) is 6.10. The Morgan fingerprint density at radius 1 is 1.35 bits per heavy atom. The van der Waals surface area contributed by atoms with E-state index in [1.807, 2.05) is 0 Å². The summed E-state index contributed by atoms with van der Waals surface area (Å²) in [6.07, 6.45) is 8.11. The lowest BCUT2D eigenvalue weighted by Crippen LogP contribution is -2.36. The van der Waals surface area contributed by atoms with Gasteiger partial charge < -0.3 is 10.6 Å². The molecule has 2 heterocycles.